The molecule has 0 spiro atoms. The lowest BCUT2D eigenvalue weighted by molar-refractivity contribution is -0.126. The molecule has 4 nitrogen and oxygen atoms in total. The van der Waals surface area contributed by atoms with Crippen LogP contribution in [0.5, 0.6) is 5.75 Å². The maximum atomic E-state index is 12.1. The van der Waals surface area contributed by atoms with Gasteiger partial charge in [0.1, 0.15) is 5.75 Å². The summed E-state index contributed by atoms with van der Waals surface area (Å²) in [6.45, 7) is 5.04. The summed E-state index contributed by atoms with van der Waals surface area (Å²) in [5.74, 6) is 0.812. The van der Waals surface area contributed by atoms with Gasteiger partial charge in [-0.15, -0.1) is 0 Å². The number of amides is 1. The minimum absolute atomic E-state index is 0.0386. The van der Waals surface area contributed by atoms with Crippen LogP contribution < -0.4 is 15.4 Å². The summed E-state index contributed by atoms with van der Waals surface area (Å²) in [5, 5.41) is 0. The van der Waals surface area contributed by atoms with Crippen LogP contribution in [0, 0.1) is 0 Å². The second-order valence-electron chi connectivity index (χ2n) is 4.10. The van der Waals surface area contributed by atoms with Gasteiger partial charge in [0.05, 0.1) is 5.69 Å². The van der Waals surface area contributed by atoms with Crippen LogP contribution in [0.4, 0.5) is 5.69 Å². The summed E-state index contributed by atoms with van der Waals surface area (Å²) in [6, 6.07) is 5.77. The van der Waals surface area contributed by atoms with E-state index in [9.17, 15) is 4.79 Å². The van der Waals surface area contributed by atoms with Crippen LogP contribution in [0.2, 0.25) is 0 Å². The highest BCUT2D eigenvalue weighted by Gasteiger charge is 2.32. The number of carbonyl (C=O) groups excluding carboxylic acids is 1. The second-order valence-corrected chi connectivity index (χ2v) is 4.10. The number of rotatable bonds is 3. The van der Waals surface area contributed by atoms with Crippen molar-refractivity contribution in [3.63, 3.8) is 0 Å². The number of hydrogen-bond donors (Lipinski definition) is 1. The zero-order chi connectivity index (χ0) is 12.4. The van der Waals surface area contributed by atoms with E-state index in [1.807, 2.05) is 32.0 Å². The second kappa shape index (κ2) is 4.75. The van der Waals surface area contributed by atoms with Crippen molar-refractivity contribution >= 4 is 11.6 Å². The molecule has 92 valence electrons. The maximum Gasteiger partial charge on any atom is 0.268 e. The van der Waals surface area contributed by atoms with Gasteiger partial charge in [0, 0.05) is 13.1 Å². The number of anilines is 1. The molecule has 0 fully saturated rings. The molecule has 4 heteroatoms. The van der Waals surface area contributed by atoms with E-state index in [2.05, 4.69) is 0 Å². The molecule has 0 saturated carbocycles. The van der Waals surface area contributed by atoms with Gasteiger partial charge in [-0.3, -0.25) is 4.79 Å². The Kier molecular flexibility index (Phi) is 3.33. The predicted molar refractivity (Wildman–Crippen MR) is 67.1 cm³/mol. The number of benzene rings is 1. The van der Waals surface area contributed by atoms with Crippen molar-refractivity contribution in [3.8, 4) is 5.75 Å². The SMILES string of the molecule is CCC1Oc2ccc(CN)cc2N(CC)C1=O. The first kappa shape index (κ1) is 11.9. The van der Waals surface area contributed by atoms with Gasteiger partial charge in [-0.1, -0.05) is 13.0 Å². The van der Waals surface area contributed by atoms with Crippen molar-refractivity contribution in [2.75, 3.05) is 11.4 Å². The predicted octanol–water partition coefficient (Wildman–Crippen LogP) is 1.67. The fourth-order valence-electron chi connectivity index (χ4n) is 2.08. The first-order valence-corrected chi connectivity index (χ1v) is 6.02. The third-order valence-corrected chi connectivity index (χ3v) is 3.05. The van der Waals surface area contributed by atoms with Crippen LogP contribution in [0.3, 0.4) is 0 Å². The third kappa shape index (κ3) is 2.00. The normalized spacial score (nSPS) is 18.9. The highest BCUT2D eigenvalue weighted by Crippen LogP contribution is 2.35. The first-order chi connectivity index (χ1) is 8.21. The Morgan fingerprint density at radius 1 is 1.41 bits per heavy atom. The minimum Gasteiger partial charge on any atom is -0.478 e. The molecule has 2 rings (SSSR count). The molecule has 0 bridgehead atoms. The van der Waals surface area contributed by atoms with E-state index < -0.39 is 0 Å². The number of nitrogens with zero attached hydrogens (tertiary/aromatic N) is 1. The molecule has 1 heterocycles. The first-order valence-electron chi connectivity index (χ1n) is 6.02. The van der Waals surface area contributed by atoms with E-state index in [0.29, 0.717) is 19.5 Å². The Balaban J connectivity index is 2.45. The van der Waals surface area contributed by atoms with Crippen molar-refractivity contribution in [1.29, 1.82) is 0 Å². The number of carbonyl (C=O) groups is 1. The van der Waals surface area contributed by atoms with Crippen LogP contribution in [-0.4, -0.2) is 18.6 Å². The lowest BCUT2D eigenvalue weighted by Gasteiger charge is -2.33. The maximum absolute atomic E-state index is 12.1. The Bertz CT molecular complexity index is 431. The van der Waals surface area contributed by atoms with Crippen molar-refractivity contribution < 1.29 is 9.53 Å². The standard InChI is InChI=1S/C13H18N2O2/c1-3-11-13(16)15(4-2)10-7-9(8-14)5-6-12(10)17-11/h5-7,11H,3-4,8,14H2,1-2H3. The van der Waals surface area contributed by atoms with E-state index in [4.69, 9.17) is 10.5 Å². The average molecular weight is 234 g/mol. The molecule has 1 aromatic rings. The Hall–Kier alpha value is -1.55. The van der Waals surface area contributed by atoms with Gasteiger partial charge in [-0.25, -0.2) is 0 Å². The number of ether oxygens (including phenoxy) is 1. The number of fused-ring (bicyclic) bond motifs is 1. The van der Waals surface area contributed by atoms with Gasteiger partial charge in [-0.2, -0.15) is 0 Å². The van der Waals surface area contributed by atoms with Gasteiger partial charge in [0.2, 0.25) is 0 Å². The van der Waals surface area contributed by atoms with Gasteiger partial charge < -0.3 is 15.4 Å². The molecule has 1 aliphatic rings. The molecule has 0 aromatic heterocycles. The molecule has 17 heavy (non-hydrogen) atoms. The summed E-state index contributed by atoms with van der Waals surface area (Å²) in [6.07, 6.45) is 0.333. The van der Waals surface area contributed by atoms with Crippen LogP contribution in [0.1, 0.15) is 25.8 Å². The fourth-order valence-corrected chi connectivity index (χ4v) is 2.08. The van der Waals surface area contributed by atoms with Crippen LogP contribution in [0.25, 0.3) is 0 Å². The lowest BCUT2D eigenvalue weighted by atomic mass is 10.1. The van der Waals surface area contributed by atoms with Crippen molar-refractivity contribution in [2.24, 2.45) is 5.73 Å². The summed E-state index contributed by atoms with van der Waals surface area (Å²) in [4.78, 5) is 13.9. The van der Waals surface area contributed by atoms with E-state index in [1.165, 1.54) is 0 Å². The van der Waals surface area contributed by atoms with Crippen molar-refractivity contribution in [2.45, 2.75) is 32.9 Å². The van der Waals surface area contributed by atoms with Gasteiger partial charge >= 0.3 is 0 Å². The Labute approximate surface area is 101 Å². The topological polar surface area (TPSA) is 55.6 Å². The largest absolute Gasteiger partial charge is 0.478 e. The summed E-state index contributed by atoms with van der Waals surface area (Å²) in [5.41, 5.74) is 7.46. The fraction of sp³-hybridized carbons (Fsp3) is 0.462. The lowest BCUT2D eigenvalue weighted by Crippen LogP contribution is -2.45. The number of nitrogens with two attached hydrogens (primary N) is 1. The van der Waals surface area contributed by atoms with E-state index in [0.717, 1.165) is 17.0 Å². The Morgan fingerprint density at radius 3 is 2.76 bits per heavy atom. The van der Waals surface area contributed by atoms with Crippen LogP contribution in [-0.2, 0) is 11.3 Å². The highest BCUT2D eigenvalue weighted by atomic mass is 16.5. The van der Waals surface area contributed by atoms with Crippen molar-refractivity contribution in [3.05, 3.63) is 23.8 Å². The molecule has 1 unspecified atom stereocenters. The zero-order valence-electron chi connectivity index (χ0n) is 10.3. The molecule has 1 amide bonds. The molecule has 0 saturated heterocycles. The minimum atomic E-state index is -0.355. The summed E-state index contributed by atoms with van der Waals surface area (Å²) in [7, 11) is 0. The average Bonchev–Trinajstić information content (AvgIpc) is 2.37. The molecule has 0 aliphatic carbocycles. The summed E-state index contributed by atoms with van der Waals surface area (Å²) < 4.78 is 5.69. The van der Waals surface area contributed by atoms with Gasteiger partial charge in [-0.05, 0) is 31.0 Å². The van der Waals surface area contributed by atoms with Crippen LogP contribution in [0.15, 0.2) is 18.2 Å². The summed E-state index contributed by atoms with van der Waals surface area (Å²) >= 11 is 0. The number of hydrogen-bond acceptors (Lipinski definition) is 3. The molecule has 1 aromatic carbocycles. The molecular weight excluding hydrogens is 216 g/mol. The van der Waals surface area contributed by atoms with E-state index in [1.54, 1.807) is 4.90 Å². The third-order valence-electron chi connectivity index (χ3n) is 3.05. The number of likely N-dealkylation sites (N-methyl/N-ethyl adjacent to an activating group) is 1. The van der Waals surface area contributed by atoms with Gasteiger partial charge in [0.25, 0.3) is 5.91 Å². The molecular formula is C13H18N2O2. The zero-order valence-corrected chi connectivity index (χ0v) is 10.3. The smallest absolute Gasteiger partial charge is 0.268 e. The molecule has 0 radical (unpaired) electrons. The van der Waals surface area contributed by atoms with Crippen molar-refractivity contribution in [1.82, 2.24) is 0 Å². The Morgan fingerprint density at radius 2 is 2.18 bits per heavy atom. The molecule has 1 atom stereocenters. The monoisotopic (exact) mass is 234 g/mol. The highest BCUT2D eigenvalue weighted by molar-refractivity contribution is 6.00. The van der Waals surface area contributed by atoms with Crippen LogP contribution >= 0.6 is 0 Å². The quantitative estimate of drug-likeness (QED) is 0.865. The van der Waals surface area contributed by atoms with E-state index in [-0.39, 0.29) is 12.0 Å². The van der Waals surface area contributed by atoms with Gasteiger partial charge in [0.15, 0.2) is 6.10 Å². The van der Waals surface area contributed by atoms with E-state index >= 15 is 0 Å². The molecule has 1 aliphatic heterocycles. The molecule has 2 N–H and O–H groups in total.